The molecule has 2 aromatic carbocycles. The lowest BCUT2D eigenvalue weighted by Gasteiger charge is -2.28. The van der Waals surface area contributed by atoms with E-state index >= 15 is 0 Å². The zero-order chi connectivity index (χ0) is 21.8. The van der Waals surface area contributed by atoms with E-state index in [-0.39, 0.29) is 11.3 Å². The van der Waals surface area contributed by atoms with Crippen LogP contribution < -0.4 is 0 Å². The van der Waals surface area contributed by atoms with Crippen LogP contribution in [0.4, 0.5) is 0 Å². The van der Waals surface area contributed by atoms with Crippen molar-refractivity contribution in [2.24, 2.45) is 0 Å². The molecule has 2 aromatic rings. The smallest absolute Gasteiger partial charge is 0.295 e. The summed E-state index contributed by atoms with van der Waals surface area (Å²) < 4.78 is 0. The van der Waals surface area contributed by atoms with Gasteiger partial charge in [0.25, 0.3) is 11.7 Å². The first kappa shape index (κ1) is 21.8. The molecular weight excluding hydrogens is 376 g/mol. The van der Waals surface area contributed by atoms with E-state index in [0.29, 0.717) is 18.7 Å². The molecular formula is C25H30N2O3. The normalized spacial score (nSPS) is 18.4. The molecule has 5 nitrogen and oxygen atoms in total. The summed E-state index contributed by atoms with van der Waals surface area (Å²) >= 11 is 0. The predicted octanol–water partition coefficient (Wildman–Crippen LogP) is 4.07. The van der Waals surface area contributed by atoms with Gasteiger partial charge in [-0.3, -0.25) is 9.59 Å². The van der Waals surface area contributed by atoms with Crippen LogP contribution in [0.2, 0.25) is 0 Å². The molecule has 1 amide bonds. The zero-order valence-electron chi connectivity index (χ0n) is 18.2. The second kappa shape index (κ2) is 9.26. The van der Waals surface area contributed by atoms with Crippen LogP contribution in [0, 0.1) is 13.8 Å². The maximum Gasteiger partial charge on any atom is 0.295 e. The van der Waals surface area contributed by atoms with Crippen molar-refractivity contribution in [2.45, 2.75) is 33.7 Å². The van der Waals surface area contributed by atoms with E-state index < -0.39 is 17.7 Å². The molecule has 0 spiro atoms. The molecule has 3 rings (SSSR count). The monoisotopic (exact) mass is 406 g/mol. The molecule has 1 unspecified atom stereocenters. The number of likely N-dealkylation sites (tertiary alicyclic amines) is 1. The molecule has 5 heteroatoms. The summed E-state index contributed by atoms with van der Waals surface area (Å²) in [6.07, 6.45) is 0. The largest absolute Gasteiger partial charge is 0.507 e. The third-order valence-corrected chi connectivity index (χ3v) is 5.81. The molecule has 1 saturated heterocycles. The van der Waals surface area contributed by atoms with Gasteiger partial charge in [-0.25, -0.2) is 0 Å². The topological polar surface area (TPSA) is 60.9 Å². The number of amides is 1. The quantitative estimate of drug-likeness (QED) is 0.428. The number of carbonyl (C=O) groups is 2. The highest BCUT2D eigenvalue weighted by Crippen LogP contribution is 2.39. The minimum Gasteiger partial charge on any atom is -0.507 e. The number of aryl methyl sites for hydroxylation is 2. The number of hydrogen-bond acceptors (Lipinski definition) is 4. The zero-order valence-corrected chi connectivity index (χ0v) is 18.2. The summed E-state index contributed by atoms with van der Waals surface area (Å²) in [5.74, 6) is -1.30. The van der Waals surface area contributed by atoms with Crippen molar-refractivity contribution >= 4 is 17.4 Å². The Morgan fingerprint density at radius 1 is 0.933 bits per heavy atom. The predicted molar refractivity (Wildman–Crippen MR) is 119 cm³/mol. The first-order chi connectivity index (χ1) is 14.4. The lowest BCUT2D eigenvalue weighted by molar-refractivity contribution is -0.140. The van der Waals surface area contributed by atoms with E-state index in [4.69, 9.17) is 0 Å². The lowest BCUT2D eigenvalue weighted by Crippen LogP contribution is -2.38. The number of aliphatic hydroxyl groups excluding tert-OH is 1. The Balaban J connectivity index is 2.08. The summed E-state index contributed by atoms with van der Waals surface area (Å²) in [5.41, 5.74) is 3.68. The van der Waals surface area contributed by atoms with Crippen molar-refractivity contribution in [3.8, 4) is 0 Å². The summed E-state index contributed by atoms with van der Waals surface area (Å²) in [6, 6.07) is 14.5. The number of Topliss-reactive ketones (excluding diaryl/α,β-unsaturated/α-hetero) is 1. The number of carbonyl (C=O) groups excluding carboxylic acids is 2. The van der Waals surface area contributed by atoms with E-state index in [1.807, 2.05) is 50.2 Å². The third kappa shape index (κ3) is 4.31. The van der Waals surface area contributed by atoms with Crippen LogP contribution >= 0.6 is 0 Å². The number of likely N-dealkylation sites (N-methyl/N-ethyl adjacent to an activating group) is 1. The summed E-state index contributed by atoms with van der Waals surface area (Å²) in [4.78, 5) is 29.8. The molecule has 1 atom stereocenters. The van der Waals surface area contributed by atoms with E-state index in [9.17, 15) is 14.7 Å². The van der Waals surface area contributed by atoms with E-state index in [0.717, 1.165) is 29.8 Å². The van der Waals surface area contributed by atoms with Crippen molar-refractivity contribution in [3.05, 3.63) is 76.4 Å². The summed E-state index contributed by atoms with van der Waals surface area (Å²) in [5, 5.41) is 11.0. The molecule has 0 aliphatic carbocycles. The van der Waals surface area contributed by atoms with Gasteiger partial charge in [0.2, 0.25) is 0 Å². The van der Waals surface area contributed by atoms with Crippen LogP contribution in [0.15, 0.2) is 54.1 Å². The maximum atomic E-state index is 13.0. The second-order valence-corrected chi connectivity index (χ2v) is 7.80. The van der Waals surface area contributed by atoms with Crippen LogP contribution in [0.3, 0.4) is 0 Å². The molecule has 0 bridgehead atoms. The number of rotatable bonds is 7. The Labute approximate surface area is 178 Å². The summed E-state index contributed by atoms with van der Waals surface area (Å²) in [7, 11) is 0. The van der Waals surface area contributed by atoms with Crippen LogP contribution in [-0.2, 0) is 9.59 Å². The summed E-state index contributed by atoms with van der Waals surface area (Å²) in [6.45, 7) is 11.0. The Morgan fingerprint density at radius 2 is 1.47 bits per heavy atom. The van der Waals surface area contributed by atoms with Gasteiger partial charge in [-0.15, -0.1) is 0 Å². The van der Waals surface area contributed by atoms with Crippen molar-refractivity contribution in [3.63, 3.8) is 0 Å². The third-order valence-electron chi connectivity index (χ3n) is 5.81. The fraction of sp³-hybridized carbons (Fsp3) is 0.360. The van der Waals surface area contributed by atoms with Crippen molar-refractivity contribution in [1.82, 2.24) is 9.80 Å². The van der Waals surface area contributed by atoms with E-state index in [1.54, 1.807) is 17.0 Å². The molecule has 1 heterocycles. The molecule has 1 N–H and O–H groups in total. The number of hydrogen-bond donors (Lipinski definition) is 1. The molecule has 1 aliphatic heterocycles. The van der Waals surface area contributed by atoms with Gasteiger partial charge in [0.1, 0.15) is 5.76 Å². The standard InChI is InChI=1S/C25H30N2O3/c1-5-26(6-2)15-16-27-22(19-11-7-17(3)8-12-19)21(24(29)25(27)30)23(28)20-13-9-18(4)10-14-20/h7-14,22,28H,5-6,15-16H2,1-4H3/b23-21-. The second-order valence-electron chi connectivity index (χ2n) is 7.80. The molecule has 0 aromatic heterocycles. The van der Waals surface area contributed by atoms with Crippen molar-refractivity contribution in [2.75, 3.05) is 26.2 Å². The van der Waals surface area contributed by atoms with Gasteiger partial charge < -0.3 is 14.9 Å². The molecule has 1 aliphatic rings. The van der Waals surface area contributed by atoms with Gasteiger partial charge in [-0.2, -0.15) is 0 Å². The fourth-order valence-electron chi connectivity index (χ4n) is 3.86. The average molecular weight is 407 g/mol. The Morgan fingerprint density at radius 3 is 2.00 bits per heavy atom. The van der Waals surface area contributed by atoms with E-state index in [2.05, 4.69) is 18.7 Å². The molecule has 158 valence electrons. The maximum absolute atomic E-state index is 13.0. The number of nitrogens with zero attached hydrogens (tertiary/aromatic N) is 2. The first-order valence-corrected chi connectivity index (χ1v) is 10.5. The number of aliphatic hydroxyl groups is 1. The minimum absolute atomic E-state index is 0.121. The van der Waals surface area contributed by atoms with E-state index in [1.165, 1.54) is 0 Å². The van der Waals surface area contributed by atoms with Crippen molar-refractivity contribution in [1.29, 1.82) is 0 Å². The number of benzene rings is 2. The van der Waals surface area contributed by atoms with Crippen LogP contribution in [0.5, 0.6) is 0 Å². The molecule has 1 fully saturated rings. The fourth-order valence-corrected chi connectivity index (χ4v) is 3.86. The Kier molecular flexibility index (Phi) is 6.73. The Bertz CT molecular complexity index is 941. The average Bonchev–Trinajstić information content (AvgIpc) is 3.00. The molecule has 30 heavy (non-hydrogen) atoms. The molecule has 0 saturated carbocycles. The van der Waals surface area contributed by atoms with Gasteiger partial charge in [0.05, 0.1) is 11.6 Å². The van der Waals surface area contributed by atoms with Crippen LogP contribution in [0.1, 0.15) is 42.1 Å². The van der Waals surface area contributed by atoms with Gasteiger partial charge >= 0.3 is 0 Å². The lowest BCUT2D eigenvalue weighted by atomic mass is 9.94. The Hall–Kier alpha value is -2.92. The van der Waals surface area contributed by atoms with Gasteiger partial charge in [0.15, 0.2) is 0 Å². The van der Waals surface area contributed by atoms with Crippen LogP contribution in [-0.4, -0.2) is 52.8 Å². The van der Waals surface area contributed by atoms with Gasteiger partial charge in [-0.1, -0.05) is 73.5 Å². The SMILES string of the molecule is CCN(CC)CCN1C(=O)C(=O)/C(=C(\O)c2ccc(C)cc2)C1c1ccc(C)cc1. The van der Waals surface area contributed by atoms with Gasteiger partial charge in [-0.05, 0) is 32.5 Å². The highest BCUT2D eigenvalue weighted by molar-refractivity contribution is 6.46. The highest BCUT2D eigenvalue weighted by Gasteiger charge is 2.45. The van der Waals surface area contributed by atoms with Crippen LogP contribution in [0.25, 0.3) is 5.76 Å². The van der Waals surface area contributed by atoms with Gasteiger partial charge in [0, 0.05) is 18.7 Å². The molecule has 0 radical (unpaired) electrons. The number of ketones is 1. The first-order valence-electron chi connectivity index (χ1n) is 10.5. The van der Waals surface area contributed by atoms with Crippen molar-refractivity contribution < 1.29 is 14.7 Å². The highest BCUT2D eigenvalue weighted by atomic mass is 16.3. The minimum atomic E-state index is -0.627.